The molecule has 2 atom stereocenters. The number of nitrogens with zero attached hydrogens (tertiary/aromatic N) is 2. The van der Waals surface area contributed by atoms with Crippen molar-refractivity contribution < 1.29 is 17.9 Å². The highest BCUT2D eigenvalue weighted by atomic mass is 32.2. The molecule has 2 aromatic heterocycles. The first-order valence-electron chi connectivity index (χ1n) is 11.5. The van der Waals surface area contributed by atoms with Gasteiger partial charge in [-0.1, -0.05) is 36.4 Å². The maximum atomic E-state index is 13.8. The predicted octanol–water partition coefficient (Wildman–Crippen LogP) is 5.53. The molecule has 2 aliphatic carbocycles. The summed E-state index contributed by atoms with van der Waals surface area (Å²) in [5, 5.41) is 12.0. The Morgan fingerprint density at radius 1 is 1.14 bits per heavy atom. The Labute approximate surface area is 207 Å². The van der Waals surface area contributed by atoms with Gasteiger partial charge in [0, 0.05) is 22.1 Å². The summed E-state index contributed by atoms with van der Waals surface area (Å²) >= 11 is 1.35. The lowest BCUT2D eigenvalue weighted by atomic mass is 9.97. The van der Waals surface area contributed by atoms with E-state index in [0.717, 1.165) is 34.1 Å². The Balaban J connectivity index is 1.64. The van der Waals surface area contributed by atoms with Crippen molar-refractivity contribution in [3.63, 3.8) is 0 Å². The minimum atomic E-state index is -3.64. The molecule has 0 aliphatic heterocycles. The highest BCUT2D eigenvalue weighted by Crippen LogP contribution is 2.50. The highest BCUT2D eigenvalue weighted by molar-refractivity contribution is 7.91. The van der Waals surface area contributed by atoms with Crippen LogP contribution in [0.3, 0.4) is 0 Å². The van der Waals surface area contributed by atoms with Gasteiger partial charge in [0.05, 0.1) is 29.5 Å². The molecular formula is C27H22N2O4S2. The third kappa shape index (κ3) is 3.49. The van der Waals surface area contributed by atoms with Crippen LogP contribution in [0.2, 0.25) is 0 Å². The van der Waals surface area contributed by atoms with Crippen molar-refractivity contribution in [1.82, 2.24) is 3.97 Å². The number of carbonyl (C=O) groups excluding carboxylic acids is 1. The van der Waals surface area contributed by atoms with E-state index >= 15 is 0 Å². The van der Waals surface area contributed by atoms with Crippen molar-refractivity contribution in [3.8, 4) is 28.5 Å². The molecule has 4 aromatic rings. The monoisotopic (exact) mass is 502 g/mol. The molecule has 0 radical (unpaired) electrons. The van der Waals surface area contributed by atoms with Crippen molar-refractivity contribution >= 4 is 38.2 Å². The standard InChI is InChI=1S/C27H22N2O4S2/c1-33-27(30)22-14-21(22)16-5-4-6-17(13-16)26-25(20-11-12-34-24(20)15-28)19-7-2-3-8-23(19)29(26)35(31,32)18-9-10-18/h2-8,11-13,18,21-22H,9-10,14H2,1H3. The molecule has 176 valence electrons. The summed E-state index contributed by atoms with van der Waals surface area (Å²) in [6, 6.07) is 19.4. The zero-order valence-corrected chi connectivity index (χ0v) is 20.6. The van der Waals surface area contributed by atoms with Crippen LogP contribution in [-0.4, -0.2) is 30.7 Å². The number of ether oxygens (including phenoxy) is 1. The number of hydrogen-bond donors (Lipinski definition) is 0. The number of fused-ring (bicyclic) bond motifs is 1. The third-order valence-electron chi connectivity index (χ3n) is 6.95. The number of carbonyl (C=O) groups is 1. The number of benzene rings is 2. The number of thiophene rings is 1. The van der Waals surface area contributed by atoms with Crippen LogP contribution >= 0.6 is 11.3 Å². The predicted molar refractivity (Wildman–Crippen MR) is 136 cm³/mol. The topological polar surface area (TPSA) is 89.2 Å². The summed E-state index contributed by atoms with van der Waals surface area (Å²) in [5.74, 6) is -0.333. The molecule has 0 bridgehead atoms. The van der Waals surface area contributed by atoms with E-state index in [1.807, 2.05) is 60.0 Å². The Morgan fingerprint density at radius 3 is 2.69 bits per heavy atom. The lowest BCUT2D eigenvalue weighted by Crippen LogP contribution is -2.18. The molecule has 6 rings (SSSR count). The van der Waals surface area contributed by atoms with Gasteiger partial charge in [0.1, 0.15) is 10.9 Å². The van der Waals surface area contributed by atoms with Crippen molar-refractivity contribution in [2.45, 2.75) is 30.4 Å². The van der Waals surface area contributed by atoms with E-state index < -0.39 is 15.3 Å². The molecule has 0 N–H and O–H groups in total. The van der Waals surface area contributed by atoms with Crippen LogP contribution in [0.15, 0.2) is 60.0 Å². The number of esters is 1. The number of aromatic nitrogens is 1. The summed E-state index contributed by atoms with van der Waals surface area (Å²) in [4.78, 5) is 12.6. The minimum Gasteiger partial charge on any atom is -0.469 e. The fourth-order valence-electron chi connectivity index (χ4n) is 5.01. The Morgan fingerprint density at radius 2 is 1.94 bits per heavy atom. The van der Waals surface area contributed by atoms with E-state index in [1.165, 1.54) is 22.4 Å². The Bertz CT molecular complexity index is 1640. The largest absolute Gasteiger partial charge is 0.469 e. The molecule has 0 amide bonds. The van der Waals surface area contributed by atoms with E-state index in [9.17, 15) is 18.5 Å². The first-order valence-corrected chi connectivity index (χ1v) is 13.9. The van der Waals surface area contributed by atoms with Crippen LogP contribution in [0.5, 0.6) is 0 Å². The molecule has 8 heteroatoms. The second-order valence-electron chi connectivity index (χ2n) is 9.12. The number of nitriles is 1. The van der Waals surface area contributed by atoms with Crippen LogP contribution < -0.4 is 0 Å². The zero-order valence-electron chi connectivity index (χ0n) is 19.0. The SMILES string of the molecule is COC(=O)C1CC1c1cccc(-c2c(-c3ccsc3C#N)c3ccccc3n2S(=O)(=O)C2CC2)c1. The molecule has 2 heterocycles. The van der Waals surface area contributed by atoms with E-state index in [0.29, 0.717) is 28.9 Å². The van der Waals surface area contributed by atoms with E-state index in [2.05, 4.69) is 6.07 Å². The van der Waals surface area contributed by atoms with Gasteiger partial charge in [-0.2, -0.15) is 5.26 Å². The quantitative estimate of drug-likeness (QED) is 0.324. The van der Waals surface area contributed by atoms with Gasteiger partial charge in [-0.3, -0.25) is 4.79 Å². The first-order chi connectivity index (χ1) is 17.0. The first kappa shape index (κ1) is 22.1. The van der Waals surface area contributed by atoms with Gasteiger partial charge >= 0.3 is 5.97 Å². The van der Waals surface area contributed by atoms with E-state index in [1.54, 1.807) is 0 Å². The number of methoxy groups -OCH3 is 1. The lowest BCUT2D eigenvalue weighted by Gasteiger charge is -2.14. The molecular weight excluding hydrogens is 480 g/mol. The molecule has 2 saturated carbocycles. The second kappa shape index (κ2) is 8.08. The molecule has 6 nitrogen and oxygen atoms in total. The summed E-state index contributed by atoms with van der Waals surface area (Å²) in [7, 11) is -2.25. The average Bonchev–Trinajstić information content (AvgIpc) is 3.80. The number of para-hydroxylation sites is 1. The molecule has 2 unspecified atom stereocenters. The third-order valence-corrected chi connectivity index (χ3v) is 9.97. The van der Waals surface area contributed by atoms with Crippen molar-refractivity contribution in [2.24, 2.45) is 5.92 Å². The Kier molecular flexibility index (Phi) is 5.09. The number of rotatable bonds is 6. The van der Waals surface area contributed by atoms with Crippen molar-refractivity contribution in [2.75, 3.05) is 7.11 Å². The summed E-state index contributed by atoms with van der Waals surface area (Å²) in [5.41, 5.74) is 4.41. The molecule has 35 heavy (non-hydrogen) atoms. The second-order valence-corrected chi connectivity index (χ2v) is 12.1. The molecule has 0 saturated heterocycles. The van der Waals surface area contributed by atoms with Gasteiger partial charge in [-0.15, -0.1) is 11.3 Å². The molecule has 2 aliphatic rings. The normalized spacial score (nSPS) is 19.4. The van der Waals surface area contributed by atoms with Crippen LogP contribution in [0.4, 0.5) is 0 Å². The summed E-state index contributed by atoms with van der Waals surface area (Å²) in [6.45, 7) is 0. The smallest absolute Gasteiger partial charge is 0.309 e. The zero-order chi connectivity index (χ0) is 24.3. The highest BCUT2D eigenvalue weighted by Gasteiger charge is 2.45. The van der Waals surface area contributed by atoms with Gasteiger partial charge in [0.2, 0.25) is 10.0 Å². The van der Waals surface area contributed by atoms with Crippen LogP contribution in [0, 0.1) is 17.2 Å². The molecule has 2 fully saturated rings. The Hall–Kier alpha value is -3.41. The lowest BCUT2D eigenvalue weighted by molar-refractivity contribution is -0.142. The van der Waals surface area contributed by atoms with Crippen molar-refractivity contribution in [3.05, 3.63) is 70.4 Å². The summed E-state index contributed by atoms with van der Waals surface area (Å²) < 4.78 is 34.0. The molecule has 0 spiro atoms. The van der Waals surface area contributed by atoms with Gasteiger partial charge in [-0.05, 0) is 54.3 Å². The van der Waals surface area contributed by atoms with Crippen LogP contribution in [0.25, 0.3) is 33.3 Å². The van der Waals surface area contributed by atoms with Crippen LogP contribution in [-0.2, 0) is 19.6 Å². The van der Waals surface area contributed by atoms with Gasteiger partial charge in [-0.25, -0.2) is 12.4 Å². The van der Waals surface area contributed by atoms with Gasteiger partial charge in [0.15, 0.2) is 0 Å². The average molecular weight is 503 g/mol. The minimum absolute atomic E-state index is 0.0551. The van der Waals surface area contributed by atoms with Crippen molar-refractivity contribution in [1.29, 1.82) is 5.26 Å². The maximum absolute atomic E-state index is 13.8. The number of hydrogen-bond acceptors (Lipinski definition) is 6. The fraction of sp³-hybridized carbons (Fsp3) is 0.259. The van der Waals surface area contributed by atoms with Gasteiger partial charge < -0.3 is 4.74 Å². The fourth-order valence-corrected chi connectivity index (χ4v) is 7.61. The van der Waals surface area contributed by atoms with Crippen LogP contribution in [0.1, 0.15) is 35.6 Å². The van der Waals surface area contributed by atoms with E-state index in [4.69, 9.17) is 4.74 Å². The van der Waals surface area contributed by atoms with E-state index in [-0.39, 0.29) is 17.8 Å². The maximum Gasteiger partial charge on any atom is 0.309 e. The summed E-state index contributed by atoms with van der Waals surface area (Å²) in [6.07, 6.45) is 2.01. The molecule has 2 aromatic carbocycles. The van der Waals surface area contributed by atoms with Gasteiger partial charge in [0.25, 0.3) is 0 Å².